The molecule has 0 amide bonds. The molecule has 0 N–H and O–H groups in total. The van der Waals surface area contributed by atoms with Gasteiger partial charge in [0.2, 0.25) is 0 Å². The van der Waals surface area contributed by atoms with Gasteiger partial charge in [0.25, 0.3) is 10.1 Å². The minimum atomic E-state index is -3.31. The number of hydrogen-bond donors (Lipinski definition) is 0. The van der Waals surface area contributed by atoms with Gasteiger partial charge in [-0.2, -0.15) is 8.42 Å². The zero-order chi connectivity index (χ0) is 27.8. The van der Waals surface area contributed by atoms with Crippen molar-refractivity contribution < 1.29 is 12.6 Å². The van der Waals surface area contributed by atoms with E-state index in [0.29, 0.717) is 6.61 Å². The molecule has 39 heavy (non-hydrogen) atoms. The van der Waals surface area contributed by atoms with E-state index in [2.05, 4.69) is 13.8 Å². The Morgan fingerprint density at radius 1 is 0.359 bits per heavy atom. The molecule has 0 aromatic heterocycles. The van der Waals surface area contributed by atoms with Gasteiger partial charge in [-0.05, 0) is 12.8 Å². The zero-order valence-electron chi connectivity index (χ0n) is 26.3. The summed E-state index contributed by atoms with van der Waals surface area (Å²) in [7, 11) is -3.31. The molecule has 0 bridgehead atoms. The van der Waals surface area contributed by atoms with Crippen molar-refractivity contribution in [2.75, 3.05) is 12.4 Å². The molecule has 0 atom stereocenters. The van der Waals surface area contributed by atoms with E-state index in [1.807, 2.05) is 0 Å². The predicted molar refractivity (Wildman–Crippen MR) is 177 cm³/mol. The van der Waals surface area contributed by atoms with Crippen LogP contribution in [0.25, 0.3) is 0 Å². The van der Waals surface area contributed by atoms with Gasteiger partial charge in [-0.15, -0.1) is 0 Å². The molecule has 0 aromatic carbocycles. The second-order valence-corrected chi connectivity index (χ2v) is 13.7. The van der Waals surface area contributed by atoms with E-state index in [9.17, 15) is 8.42 Å². The summed E-state index contributed by atoms with van der Waals surface area (Å²) in [6.45, 7) is 4.91. The average Bonchev–Trinajstić information content (AvgIpc) is 2.90. The summed E-state index contributed by atoms with van der Waals surface area (Å²) in [5, 5.41) is 0. The molecule has 0 spiro atoms. The Morgan fingerprint density at radius 3 is 0.872 bits per heavy atom. The fourth-order valence-electron chi connectivity index (χ4n) is 5.37. The molecule has 0 saturated carbocycles. The molecule has 232 valence electrons. The van der Waals surface area contributed by atoms with Crippen LogP contribution in [0.1, 0.15) is 206 Å². The molecule has 0 heterocycles. The molecule has 0 radical (unpaired) electrons. The van der Waals surface area contributed by atoms with Crippen LogP contribution in [0.3, 0.4) is 0 Å². The molecule has 0 aliphatic heterocycles. The van der Waals surface area contributed by atoms with Gasteiger partial charge in [0.1, 0.15) is 0 Å². The second-order valence-electron chi connectivity index (χ2n) is 12.0. The normalized spacial score (nSPS) is 11.6. The Labute approximate surface area is 259 Å². The Hall–Kier alpha value is 0.507. The first kappa shape index (κ1) is 41.6. The van der Waals surface area contributed by atoms with Gasteiger partial charge in [0.15, 0.2) is 0 Å². The second kappa shape index (κ2) is 34.7. The molecular formula is C34H71LiO3S. The number of unbranched alkanes of at least 4 members (excludes halogenated alkanes) is 28. The summed E-state index contributed by atoms with van der Waals surface area (Å²) < 4.78 is 29.3. The number of hydrogen-bond acceptors (Lipinski definition) is 3. The minimum absolute atomic E-state index is 0. The topological polar surface area (TPSA) is 43.4 Å². The summed E-state index contributed by atoms with van der Waals surface area (Å²) in [6, 6.07) is 0. The van der Waals surface area contributed by atoms with Gasteiger partial charge in [-0.3, -0.25) is 4.18 Å². The van der Waals surface area contributed by atoms with Crippen LogP contribution in [0, 0.1) is 0 Å². The first-order chi connectivity index (χ1) is 18.6. The Bertz CT molecular complexity index is 539. The third-order valence-electron chi connectivity index (χ3n) is 8.01. The maximum atomic E-state index is 12.0. The van der Waals surface area contributed by atoms with E-state index in [4.69, 9.17) is 4.18 Å². The van der Waals surface area contributed by atoms with Crippen LogP contribution in [0.15, 0.2) is 0 Å². The van der Waals surface area contributed by atoms with E-state index in [1.54, 1.807) is 0 Å². The van der Waals surface area contributed by atoms with E-state index >= 15 is 0 Å². The van der Waals surface area contributed by atoms with Crippen molar-refractivity contribution in [3.8, 4) is 0 Å². The SMILES string of the molecule is CCCCCCCCCCCCCCCCCCCCCCOS(=O)(=O)CCCCCCCCCCCC.[LiH]. The Balaban J connectivity index is 0. The van der Waals surface area contributed by atoms with Crippen LogP contribution in [0.5, 0.6) is 0 Å². The first-order valence-electron chi connectivity index (χ1n) is 17.5. The quantitative estimate of drug-likeness (QED) is 0.0451. The fraction of sp³-hybridized carbons (Fsp3) is 1.00. The molecule has 5 heteroatoms. The standard InChI is InChI=1S/C34H70O3S.Li.H/c1-3-5-7-9-11-13-15-16-17-18-19-20-21-22-23-24-25-27-29-31-33-37-38(35,36)34-32-30-28-26-14-12-10-8-6-4-2;;/h3-34H2,1-2H3;;. The van der Waals surface area contributed by atoms with Gasteiger partial charge in [-0.1, -0.05) is 194 Å². The van der Waals surface area contributed by atoms with E-state index in [-0.39, 0.29) is 24.6 Å². The predicted octanol–water partition coefficient (Wildman–Crippen LogP) is 11.4. The molecule has 0 rings (SSSR count). The average molecular weight is 567 g/mol. The van der Waals surface area contributed by atoms with Crippen LogP contribution in [-0.2, 0) is 14.3 Å². The molecule has 0 aliphatic rings. The summed E-state index contributed by atoms with van der Waals surface area (Å²) in [4.78, 5) is 0. The van der Waals surface area contributed by atoms with Crippen molar-refractivity contribution in [3.63, 3.8) is 0 Å². The van der Waals surface area contributed by atoms with Gasteiger partial charge in [0, 0.05) is 0 Å². The molecule has 0 aliphatic carbocycles. The molecule has 3 nitrogen and oxygen atoms in total. The van der Waals surface area contributed by atoms with Crippen molar-refractivity contribution in [2.45, 2.75) is 206 Å². The summed E-state index contributed by atoms with van der Waals surface area (Å²) in [5.74, 6) is 0.197. The third kappa shape index (κ3) is 36.5. The van der Waals surface area contributed by atoms with Crippen molar-refractivity contribution in [1.82, 2.24) is 0 Å². The van der Waals surface area contributed by atoms with Gasteiger partial charge >= 0.3 is 18.9 Å². The number of rotatable bonds is 33. The van der Waals surface area contributed by atoms with E-state index in [1.165, 1.54) is 161 Å². The van der Waals surface area contributed by atoms with Crippen LogP contribution in [0.2, 0.25) is 0 Å². The Morgan fingerprint density at radius 2 is 0.590 bits per heavy atom. The molecule has 0 unspecified atom stereocenters. The van der Waals surface area contributed by atoms with Crippen LogP contribution >= 0.6 is 0 Å². The summed E-state index contributed by atoms with van der Waals surface area (Å²) >= 11 is 0. The summed E-state index contributed by atoms with van der Waals surface area (Å²) in [6.07, 6.45) is 39.3. The zero-order valence-corrected chi connectivity index (χ0v) is 27.1. The van der Waals surface area contributed by atoms with Crippen molar-refractivity contribution >= 4 is 29.0 Å². The van der Waals surface area contributed by atoms with Crippen molar-refractivity contribution in [1.29, 1.82) is 0 Å². The summed E-state index contributed by atoms with van der Waals surface area (Å²) in [5.41, 5.74) is 0. The van der Waals surface area contributed by atoms with Crippen molar-refractivity contribution in [2.24, 2.45) is 0 Å². The Kier molecular flexibility index (Phi) is 37.1. The first-order valence-corrected chi connectivity index (χ1v) is 19.1. The molecule has 0 fully saturated rings. The molecule has 0 aromatic rings. The monoisotopic (exact) mass is 567 g/mol. The van der Waals surface area contributed by atoms with Crippen LogP contribution in [-0.4, -0.2) is 39.6 Å². The van der Waals surface area contributed by atoms with Gasteiger partial charge in [0.05, 0.1) is 12.4 Å². The van der Waals surface area contributed by atoms with E-state index in [0.717, 1.165) is 32.1 Å². The molecule has 0 saturated heterocycles. The van der Waals surface area contributed by atoms with E-state index < -0.39 is 10.1 Å². The van der Waals surface area contributed by atoms with Gasteiger partial charge in [-0.25, -0.2) is 0 Å². The maximum absolute atomic E-state index is 12.0. The van der Waals surface area contributed by atoms with Crippen LogP contribution in [0.4, 0.5) is 0 Å². The fourth-order valence-corrected chi connectivity index (χ4v) is 6.42. The van der Waals surface area contributed by atoms with Gasteiger partial charge < -0.3 is 0 Å². The third-order valence-corrected chi connectivity index (χ3v) is 9.32. The van der Waals surface area contributed by atoms with Crippen LogP contribution < -0.4 is 0 Å². The molecular weight excluding hydrogens is 495 g/mol. The van der Waals surface area contributed by atoms with Crippen molar-refractivity contribution in [3.05, 3.63) is 0 Å².